The van der Waals surface area contributed by atoms with Gasteiger partial charge in [-0.3, -0.25) is 14.4 Å². The van der Waals surface area contributed by atoms with Gasteiger partial charge in [0.05, 0.1) is 18.6 Å². The highest BCUT2D eigenvalue weighted by Crippen LogP contribution is 2.59. The number of rotatable bonds is 9. The van der Waals surface area contributed by atoms with E-state index in [-0.39, 0.29) is 42.3 Å². The summed E-state index contributed by atoms with van der Waals surface area (Å²) >= 11 is 0. The van der Waals surface area contributed by atoms with E-state index in [4.69, 9.17) is 9.57 Å². The molecule has 0 aromatic heterocycles. The summed E-state index contributed by atoms with van der Waals surface area (Å²) in [5.41, 5.74) is 0.151. The predicted octanol–water partition coefficient (Wildman–Crippen LogP) is 2.77. The Morgan fingerprint density at radius 3 is 2.47 bits per heavy atom. The number of alkyl carbamates (subject to hydrolysis) is 1. The van der Waals surface area contributed by atoms with Gasteiger partial charge in [0.1, 0.15) is 18.2 Å². The zero-order valence-corrected chi connectivity index (χ0v) is 21.4. The number of nitrogens with one attached hydrogen (secondary N) is 2. The van der Waals surface area contributed by atoms with Crippen molar-refractivity contribution in [2.24, 2.45) is 5.41 Å². The van der Waals surface area contributed by atoms with Crippen LogP contribution in [0.4, 0.5) is 9.59 Å². The molecule has 4 rings (SSSR count). The predicted molar refractivity (Wildman–Crippen MR) is 130 cm³/mol. The molecule has 1 aliphatic carbocycles. The molecule has 4 amide bonds. The van der Waals surface area contributed by atoms with Crippen LogP contribution < -0.4 is 10.6 Å². The molecule has 3 fully saturated rings. The lowest BCUT2D eigenvalue weighted by molar-refractivity contribution is -0.153. The summed E-state index contributed by atoms with van der Waals surface area (Å²) < 4.78 is 5.22. The molecule has 0 unspecified atom stereocenters. The quantitative estimate of drug-likeness (QED) is 0.539. The van der Waals surface area contributed by atoms with Crippen LogP contribution in [0.25, 0.3) is 0 Å². The molecule has 1 aromatic carbocycles. The molecular weight excluding hydrogens is 464 g/mol. The van der Waals surface area contributed by atoms with Crippen molar-refractivity contribution in [3.8, 4) is 0 Å². The first-order chi connectivity index (χ1) is 17.0. The lowest BCUT2D eigenvalue weighted by Crippen LogP contribution is -2.54. The number of Topliss-reactive ketones (excluding diaryl/α,β-unsaturated/α-hetero) is 1. The zero-order valence-electron chi connectivity index (χ0n) is 21.4. The van der Waals surface area contributed by atoms with Crippen molar-refractivity contribution in [1.82, 2.24) is 20.6 Å². The third-order valence-electron chi connectivity index (χ3n) is 7.10. The third kappa shape index (κ3) is 5.64. The standard InChI is InChI=1S/C26H36N4O6/c1-5-18(28-23(33)36-25(2,3)4)20(31)14-27-22(32)19-13-26(11-12-26)21-15-29(19)24(34)30(21)35-16-17-9-7-6-8-10-17/h6-10,18-19,21H,5,11-16H2,1-4H3,(H,27,32)(H,28,33)/t18-,19-,21-/m0/s1. The third-order valence-corrected chi connectivity index (χ3v) is 7.10. The number of hydrogen-bond acceptors (Lipinski definition) is 6. The molecule has 196 valence electrons. The number of urea groups is 1. The summed E-state index contributed by atoms with van der Waals surface area (Å²) in [6, 6.07) is 7.81. The molecule has 36 heavy (non-hydrogen) atoms. The summed E-state index contributed by atoms with van der Waals surface area (Å²) in [5.74, 6) is -0.689. The summed E-state index contributed by atoms with van der Waals surface area (Å²) in [4.78, 5) is 58.6. The molecule has 10 heteroatoms. The van der Waals surface area contributed by atoms with Gasteiger partial charge >= 0.3 is 12.1 Å². The number of carbonyl (C=O) groups excluding carboxylic acids is 4. The van der Waals surface area contributed by atoms with Crippen LogP contribution in [-0.4, -0.2) is 70.6 Å². The maximum atomic E-state index is 13.2. The second-order valence-corrected chi connectivity index (χ2v) is 10.9. The van der Waals surface area contributed by atoms with Crippen molar-refractivity contribution in [1.29, 1.82) is 0 Å². The molecule has 2 bridgehead atoms. The first-order valence-electron chi connectivity index (χ1n) is 12.6. The second-order valence-electron chi connectivity index (χ2n) is 10.9. The Morgan fingerprint density at radius 2 is 1.86 bits per heavy atom. The van der Waals surface area contributed by atoms with Crippen molar-refractivity contribution in [3.05, 3.63) is 35.9 Å². The highest BCUT2D eigenvalue weighted by Gasteiger charge is 2.64. The normalized spacial score (nSPS) is 22.8. The summed E-state index contributed by atoms with van der Waals surface area (Å²) in [5, 5.41) is 6.72. The number of carbonyl (C=O) groups is 4. The van der Waals surface area contributed by atoms with E-state index in [0.717, 1.165) is 18.4 Å². The van der Waals surface area contributed by atoms with Crippen LogP contribution in [0, 0.1) is 5.41 Å². The van der Waals surface area contributed by atoms with E-state index >= 15 is 0 Å². The minimum absolute atomic E-state index is 0.0816. The van der Waals surface area contributed by atoms with Crippen molar-refractivity contribution in [2.45, 2.75) is 83.7 Å². The maximum absolute atomic E-state index is 13.2. The molecule has 1 aromatic rings. The van der Waals surface area contributed by atoms with Crippen LogP contribution in [0.2, 0.25) is 0 Å². The van der Waals surface area contributed by atoms with Gasteiger partial charge in [-0.15, -0.1) is 0 Å². The smallest absolute Gasteiger partial charge is 0.408 e. The number of benzene rings is 1. The van der Waals surface area contributed by atoms with E-state index in [0.29, 0.717) is 19.4 Å². The molecule has 1 spiro atoms. The van der Waals surface area contributed by atoms with Crippen LogP contribution in [0.1, 0.15) is 58.9 Å². The van der Waals surface area contributed by atoms with Gasteiger partial charge in [0.15, 0.2) is 5.78 Å². The minimum atomic E-state index is -0.777. The van der Waals surface area contributed by atoms with E-state index < -0.39 is 23.8 Å². The number of fused-ring (bicyclic) bond motifs is 3. The molecule has 0 radical (unpaired) electrons. The Morgan fingerprint density at radius 1 is 1.17 bits per heavy atom. The SMILES string of the molecule is CC[C@H](NC(=O)OC(C)(C)C)C(=O)CNC(=O)[C@@H]1CC2(CC2)[C@@H]2CN1C(=O)N2OCc1ccccc1. The fraction of sp³-hybridized carbons (Fsp3) is 0.615. The van der Waals surface area contributed by atoms with Crippen LogP contribution in [-0.2, 0) is 25.8 Å². The van der Waals surface area contributed by atoms with Crippen LogP contribution in [0.3, 0.4) is 0 Å². The molecular formula is C26H36N4O6. The highest BCUT2D eigenvalue weighted by atomic mass is 16.7. The molecule has 2 aliphatic heterocycles. The van der Waals surface area contributed by atoms with Crippen LogP contribution in [0.15, 0.2) is 30.3 Å². The van der Waals surface area contributed by atoms with Crippen molar-refractivity contribution >= 4 is 23.8 Å². The molecule has 3 aliphatic rings. The molecule has 1 saturated carbocycles. The van der Waals surface area contributed by atoms with Gasteiger partial charge in [0.2, 0.25) is 5.91 Å². The monoisotopic (exact) mass is 500 g/mol. The van der Waals surface area contributed by atoms with Crippen LogP contribution in [0.5, 0.6) is 0 Å². The number of amides is 4. The minimum Gasteiger partial charge on any atom is -0.444 e. The number of hydroxylamine groups is 2. The summed E-state index contributed by atoms with van der Waals surface area (Å²) in [7, 11) is 0. The van der Waals surface area contributed by atoms with Gasteiger partial charge in [-0.05, 0) is 57.4 Å². The molecule has 3 atom stereocenters. The van der Waals surface area contributed by atoms with Gasteiger partial charge in [0.25, 0.3) is 0 Å². The van der Waals surface area contributed by atoms with Crippen molar-refractivity contribution in [3.63, 3.8) is 0 Å². The first-order valence-corrected chi connectivity index (χ1v) is 12.6. The van der Waals surface area contributed by atoms with Crippen molar-refractivity contribution < 1.29 is 28.8 Å². The lowest BCUT2D eigenvalue weighted by Gasteiger charge is -2.35. The fourth-order valence-electron chi connectivity index (χ4n) is 5.00. The van der Waals surface area contributed by atoms with Gasteiger partial charge < -0.3 is 20.3 Å². The van der Waals surface area contributed by atoms with Gasteiger partial charge in [-0.1, -0.05) is 37.3 Å². The Kier molecular flexibility index (Phi) is 7.26. The lowest BCUT2D eigenvalue weighted by atomic mass is 9.85. The van der Waals surface area contributed by atoms with Gasteiger partial charge in [0, 0.05) is 6.54 Å². The summed E-state index contributed by atoms with van der Waals surface area (Å²) in [6.45, 7) is 7.46. The number of piperidine rings is 1. The van der Waals surface area contributed by atoms with E-state index in [1.54, 1.807) is 32.6 Å². The molecule has 10 nitrogen and oxygen atoms in total. The number of hydrogen-bond donors (Lipinski definition) is 2. The first kappa shape index (κ1) is 25.9. The van der Waals surface area contributed by atoms with E-state index in [9.17, 15) is 19.2 Å². The molecule has 2 saturated heterocycles. The Hall–Kier alpha value is -3.14. The van der Waals surface area contributed by atoms with E-state index in [1.807, 2.05) is 30.3 Å². The molecule has 2 heterocycles. The molecule has 2 N–H and O–H groups in total. The topological polar surface area (TPSA) is 117 Å². The maximum Gasteiger partial charge on any atom is 0.408 e. The average molecular weight is 501 g/mol. The van der Waals surface area contributed by atoms with Gasteiger partial charge in [-0.25, -0.2) is 9.59 Å². The largest absolute Gasteiger partial charge is 0.444 e. The average Bonchev–Trinajstić information content (AvgIpc) is 3.54. The number of ketones is 1. The fourth-order valence-corrected chi connectivity index (χ4v) is 5.00. The highest BCUT2D eigenvalue weighted by molar-refractivity contribution is 5.94. The van der Waals surface area contributed by atoms with Crippen LogP contribution >= 0.6 is 0 Å². The Labute approximate surface area is 211 Å². The van der Waals surface area contributed by atoms with E-state index in [2.05, 4.69) is 10.6 Å². The second kappa shape index (κ2) is 10.1. The summed E-state index contributed by atoms with van der Waals surface area (Å²) in [6.07, 6.45) is 2.10. The van der Waals surface area contributed by atoms with Crippen molar-refractivity contribution in [2.75, 3.05) is 13.1 Å². The number of nitrogens with zero attached hydrogens (tertiary/aromatic N) is 2. The van der Waals surface area contributed by atoms with Gasteiger partial charge in [-0.2, -0.15) is 5.06 Å². The Balaban J connectivity index is 1.34. The Bertz CT molecular complexity index is 1000. The number of ether oxygens (including phenoxy) is 1. The zero-order chi connectivity index (χ0) is 26.1. The van der Waals surface area contributed by atoms with E-state index in [1.165, 1.54) is 5.06 Å².